The molecule has 4 rings (SSSR count). The first-order valence-electron chi connectivity index (χ1n) is 9.42. The molecule has 1 saturated heterocycles. The Morgan fingerprint density at radius 3 is 2.83 bits per heavy atom. The molecule has 1 aliphatic rings. The van der Waals surface area contributed by atoms with Crippen molar-refractivity contribution in [2.75, 3.05) is 12.4 Å². The quantitative estimate of drug-likeness (QED) is 0.641. The molecule has 1 aromatic heterocycles. The highest BCUT2D eigenvalue weighted by atomic mass is 32.2. The lowest BCUT2D eigenvalue weighted by Crippen LogP contribution is -2.40. The Morgan fingerprint density at radius 2 is 2.00 bits per heavy atom. The molecule has 8 heteroatoms. The van der Waals surface area contributed by atoms with Crippen LogP contribution in [0.15, 0.2) is 62.7 Å². The molecule has 1 aliphatic heterocycles. The number of carbonyl (C=O) groups excluding carboxylic acids is 1. The van der Waals surface area contributed by atoms with Crippen LogP contribution in [0, 0.1) is 0 Å². The summed E-state index contributed by atoms with van der Waals surface area (Å²) >= 11 is 1.52. The van der Waals surface area contributed by atoms with Gasteiger partial charge < -0.3 is 9.15 Å². The van der Waals surface area contributed by atoms with E-state index < -0.39 is 5.76 Å². The van der Waals surface area contributed by atoms with Crippen molar-refractivity contribution in [2.24, 2.45) is 4.99 Å². The largest absolute Gasteiger partial charge is 0.492 e. The number of benzene rings is 2. The van der Waals surface area contributed by atoms with Crippen LogP contribution >= 0.6 is 11.8 Å². The fourth-order valence-electron chi connectivity index (χ4n) is 3.27. The van der Waals surface area contributed by atoms with E-state index in [1.54, 1.807) is 23.1 Å². The van der Waals surface area contributed by atoms with Crippen LogP contribution in [0.25, 0.3) is 11.1 Å². The summed E-state index contributed by atoms with van der Waals surface area (Å²) in [7, 11) is 0. The van der Waals surface area contributed by atoms with E-state index in [0.29, 0.717) is 34.3 Å². The zero-order chi connectivity index (χ0) is 20.4. The molecule has 7 nitrogen and oxygen atoms in total. The number of rotatable bonds is 5. The minimum absolute atomic E-state index is 0.0284. The SMILES string of the molecule is CCOc1ccccc1N=C1SCC(C)N1C(=O)Cn1c(=O)oc2ccccc21. The van der Waals surface area contributed by atoms with Gasteiger partial charge in [-0.15, -0.1) is 0 Å². The van der Waals surface area contributed by atoms with E-state index in [-0.39, 0.29) is 18.5 Å². The lowest BCUT2D eigenvalue weighted by atomic mass is 10.3. The molecule has 1 atom stereocenters. The molecule has 0 radical (unpaired) electrons. The number of thioether (sulfide) groups is 1. The van der Waals surface area contributed by atoms with Gasteiger partial charge in [-0.3, -0.25) is 14.3 Å². The number of amidine groups is 1. The number of carbonyl (C=O) groups is 1. The fraction of sp³-hybridized carbons (Fsp3) is 0.286. The third kappa shape index (κ3) is 3.80. The standard InChI is InChI=1S/C21H21N3O4S/c1-3-27-17-10-6-4-8-15(17)22-20-24(14(2)13-29-20)19(25)12-23-16-9-5-7-11-18(16)28-21(23)26/h4-11,14H,3,12-13H2,1-2H3. The monoisotopic (exact) mass is 411 g/mol. The summed E-state index contributed by atoms with van der Waals surface area (Å²) in [5, 5.41) is 0.607. The van der Waals surface area contributed by atoms with Gasteiger partial charge in [-0.25, -0.2) is 9.79 Å². The summed E-state index contributed by atoms with van der Waals surface area (Å²) in [6.07, 6.45) is 0. The van der Waals surface area contributed by atoms with Crippen molar-refractivity contribution >= 4 is 39.6 Å². The number of aromatic nitrogens is 1. The molecule has 0 N–H and O–H groups in total. The molecule has 2 heterocycles. The van der Waals surface area contributed by atoms with Crippen molar-refractivity contribution in [3.05, 3.63) is 59.1 Å². The fourth-order valence-corrected chi connectivity index (χ4v) is 4.39. The summed E-state index contributed by atoms with van der Waals surface area (Å²) in [6, 6.07) is 14.5. The highest BCUT2D eigenvalue weighted by Crippen LogP contribution is 2.32. The Balaban J connectivity index is 1.65. The van der Waals surface area contributed by atoms with Gasteiger partial charge in [0, 0.05) is 11.8 Å². The number of fused-ring (bicyclic) bond motifs is 1. The number of nitrogens with zero attached hydrogens (tertiary/aromatic N) is 3. The van der Waals surface area contributed by atoms with Gasteiger partial charge in [0.2, 0.25) is 5.91 Å². The molecule has 29 heavy (non-hydrogen) atoms. The topological polar surface area (TPSA) is 77.0 Å². The molecule has 3 aromatic rings. The van der Waals surface area contributed by atoms with Crippen LogP contribution < -0.4 is 10.5 Å². The molecule has 1 unspecified atom stereocenters. The number of amides is 1. The minimum atomic E-state index is -0.542. The molecule has 0 spiro atoms. The van der Waals surface area contributed by atoms with Gasteiger partial charge in [0.15, 0.2) is 10.8 Å². The Kier molecular flexibility index (Phi) is 5.44. The summed E-state index contributed by atoms with van der Waals surface area (Å²) in [5.74, 6) is 0.665. The van der Waals surface area contributed by atoms with Crippen LogP contribution in [0.2, 0.25) is 0 Å². The van der Waals surface area contributed by atoms with Crippen LogP contribution in [0.1, 0.15) is 13.8 Å². The number of ether oxygens (including phenoxy) is 1. The third-order valence-electron chi connectivity index (χ3n) is 4.62. The normalized spacial score (nSPS) is 17.9. The van der Waals surface area contributed by atoms with Gasteiger partial charge in [-0.05, 0) is 38.1 Å². The van der Waals surface area contributed by atoms with E-state index in [9.17, 15) is 9.59 Å². The Hall–Kier alpha value is -3.00. The molecule has 2 aromatic carbocycles. The maximum Gasteiger partial charge on any atom is 0.420 e. The van der Waals surface area contributed by atoms with Crippen LogP contribution in [-0.4, -0.2) is 38.9 Å². The second-order valence-electron chi connectivity index (χ2n) is 6.64. The van der Waals surface area contributed by atoms with E-state index in [2.05, 4.69) is 0 Å². The molecule has 0 bridgehead atoms. The summed E-state index contributed by atoms with van der Waals surface area (Å²) < 4.78 is 12.2. The van der Waals surface area contributed by atoms with Crippen molar-refractivity contribution in [2.45, 2.75) is 26.4 Å². The van der Waals surface area contributed by atoms with Crippen LogP contribution in [0.3, 0.4) is 0 Å². The van der Waals surface area contributed by atoms with Gasteiger partial charge in [0.25, 0.3) is 0 Å². The highest BCUT2D eigenvalue weighted by Gasteiger charge is 2.33. The van der Waals surface area contributed by atoms with Crippen LogP contribution in [0.4, 0.5) is 5.69 Å². The number of aliphatic imine (C=N–C) groups is 1. The zero-order valence-electron chi connectivity index (χ0n) is 16.2. The third-order valence-corrected chi connectivity index (χ3v) is 5.81. The van der Waals surface area contributed by atoms with Gasteiger partial charge >= 0.3 is 5.76 Å². The van der Waals surface area contributed by atoms with E-state index in [1.165, 1.54) is 16.3 Å². The predicted octanol–water partition coefficient (Wildman–Crippen LogP) is 3.64. The smallest absolute Gasteiger partial charge is 0.420 e. The molecular weight excluding hydrogens is 390 g/mol. The lowest BCUT2D eigenvalue weighted by Gasteiger charge is -2.21. The first kappa shape index (κ1) is 19.3. The van der Waals surface area contributed by atoms with Crippen molar-refractivity contribution in [3.63, 3.8) is 0 Å². The van der Waals surface area contributed by atoms with Gasteiger partial charge in [-0.1, -0.05) is 36.0 Å². The summed E-state index contributed by atoms with van der Waals surface area (Å²) in [6.45, 7) is 4.31. The summed E-state index contributed by atoms with van der Waals surface area (Å²) in [4.78, 5) is 31.7. The van der Waals surface area contributed by atoms with Gasteiger partial charge in [0.05, 0.1) is 12.1 Å². The first-order valence-corrected chi connectivity index (χ1v) is 10.4. The molecular formula is C21H21N3O4S. The Morgan fingerprint density at radius 1 is 1.24 bits per heavy atom. The Labute approximate surface area is 172 Å². The van der Waals surface area contributed by atoms with E-state index in [1.807, 2.05) is 44.2 Å². The maximum absolute atomic E-state index is 13.1. The van der Waals surface area contributed by atoms with Gasteiger partial charge in [0.1, 0.15) is 18.0 Å². The number of hydrogen-bond donors (Lipinski definition) is 0. The first-order chi connectivity index (χ1) is 14.1. The average Bonchev–Trinajstić information content (AvgIpc) is 3.23. The second-order valence-corrected chi connectivity index (χ2v) is 7.63. The van der Waals surface area contributed by atoms with Gasteiger partial charge in [-0.2, -0.15) is 0 Å². The van der Waals surface area contributed by atoms with Crippen molar-refractivity contribution in [1.29, 1.82) is 0 Å². The molecule has 0 saturated carbocycles. The molecule has 1 amide bonds. The molecule has 1 fully saturated rings. The number of hydrogen-bond acceptors (Lipinski definition) is 6. The highest BCUT2D eigenvalue weighted by molar-refractivity contribution is 8.14. The van der Waals surface area contributed by atoms with Crippen molar-refractivity contribution in [3.8, 4) is 5.75 Å². The average molecular weight is 411 g/mol. The van der Waals surface area contributed by atoms with Crippen LogP contribution in [0.5, 0.6) is 5.75 Å². The Bertz CT molecular complexity index is 1130. The molecule has 0 aliphatic carbocycles. The van der Waals surface area contributed by atoms with Crippen molar-refractivity contribution in [1.82, 2.24) is 9.47 Å². The van der Waals surface area contributed by atoms with E-state index >= 15 is 0 Å². The van der Waals surface area contributed by atoms with Crippen LogP contribution in [-0.2, 0) is 11.3 Å². The number of para-hydroxylation sites is 4. The second kappa shape index (κ2) is 8.16. The zero-order valence-corrected chi connectivity index (χ0v) is 17.0. The predicted molar refractivity (Wildman–Crippen MR) is 114 cm³/mol. The lowest BCUT2D eigenvalue weighted by molar-refractivity contribution is -0.128. The van der Waals surface area contributed by atoms with E-state index in [0.717, 1.165) is 5.75 Å². The van der Waals surface area contributed by atoms with Crippen molar-refractivity contribution < 1.29 is 13.9 Å². The molecule has 150 valence electrons. The number of oxazole rings is 1. The van der Waals surface area contributed by atoms with E-state index in [4.69, 9.17) is 14.1 Å². The maximum atomic E-state index is 13.1. The summed E-state index contributed by atoms with van der Waals surface area (Å²) in [5.41, 5.74) is 1.74. The minimum Gasteiger partial charge on any atom is -0.492 e.